The summed E-state index contributed by atoms with van der Waals surface area (Å²) in [6.45, 7) is 2.22. The van der Waals surface area contributed by atoms with E-state index >= 15 is 0 Å². The predicted octanol–water partition coefficient (Wildman–Crippen LogP) is 6.39. The van der Waals surface area contributed by atoms with Crippen molar-refractivity contribution in [1.82, 2.24) is 0 Å². The molecule has 0 amide bonds. The standard InChI is InChI=1S/C24H18/c1-16-6-4-11-23-22-13-12-18(14-19(22)15-24(16)23)21-10-5-8-17-7-2-3-9-20(17)21/h2-14H,15H2,1H3. The van der Waals surface area contributed by atoms with Gasteiger partial charge in [-0.2, -0.15) is 0 Å². The molecule has 0 unspecified atom stereocenters. The molecule has 0 heteroatoms. The molecule has 0 aliphatic heterocycles. The van der Waals surface area contributed by atoms with Gasteiger partial charge in [-0.25, -0.2) is 0 Å². The first kappa shape index (κ1) is 13.6. The number of aryl methyl sites for hydroxylation is 1. The van der Waals surface area contributed by atoms with E-state index in [9.17, 15) is 0 Å². The van der Waals surface area contributed by atoms with Crippen LogP contribution in [-0.4, -0.2) is 0 Å². The van der Waals surface area contributed by atoms with Crippen molar-refractivity contribution in [3.8, 4) is 22.3 Å². The van der Waals surface area contributed by atoms with E-state index in [0.29, 0.717) is 0 Å². The maximum absolute atomic E-state index is 2.39. The van der Waals surface area contributed by atoms with Gasteiger partial charge in [0.2, 0.25) is 0 Å². The Balaban J connectivity index is 1.69. The molecule has 0 saturated heterocycles. The van der Waals surface area contributed by atoms with Crippen molar-refractivity contribution in [2.24, 2.45) is 0 Å². The molecule has 114 valence electrons. The van der Waals surface area contributed by atoms with Crippen molar-refractivity contribution in [3.63, 3.8) is 0 Å². The van der Waals surface area contributed by atoms with Crippen molar-refractivity contribution >= 4 is 10.8 Å². The second-order valence-electron chi connectivity index (χ2n) is 6.68. The van der Waals surface area contributed by atoms with Crippen LogP contribution >= 0.6 is 0 Å². The topological polar surface area (TPSA) is 0 Å². The first-order valence-corrected chi connectivity index (χ1v) is 8.51. The first-order chi connectivity index (χ1) is 11.8. The van der Waals surface area contributed by atoms with Crippen LogP contribution in [0.5, 0.6) is 0 Å². The summed E-state index contributed by atoms with van der Waals surface area (Å²) in [6.07, 6.45) is 1.05. The van der Waals surface area contributed by atoms with E-state index in [1.165, 1.54) is 49.7 Å². The van der Waals surface area contributed by atoms with Gasteiger partial charge in [0, 0.05) is 0 Å². The van der Waals surface area contributed by atoms with Crippen LogP contribution in [0.15, 0.2) is 78.9 Å². The summed E-state index contributed by atoms with van der Waals surface area (Å²) in [5.41, 5.74) is 9.79. The highest BCUT2D eigenvalue weighted by Gasteiger charge is 2.20. The fraction of sp³-hybridized carbons (Fsp3) is 0.0833. The average Bonchev–Trinajstić information content (AvgIpc) is 3.00. The third-order valence-corrected chi connectivity index (χ3v) is 5.27. The van der Waals surface area contributed by atoms with Crippen molar-refractivity contribution in [2.75, 3.05) is 0 Å². The second kappa shape index (κ2) is 5.07. The summed E-state index contributed by atoms with van der Waals surface area (Å²) in [5, 5.41) is 2.63. The molecule has 0 N–H and O–H groups in total. The van der Waals surface area contributed by atoms with Crippen molar-refractivity contribution in [2.45, 2.75) is 13.3 Å². The average molecular weight is 306 g/mol. The first-order valence-electron chi connectivity index (χ1n) is 8.51. The van der Waals surface area contributed by atoms with E-state index < -0.39 is 0 Å². The largest absolute Gasteiger partial charge is 0.0616 e. The molecule has 5 rings (SSSR count). The Labute approximate surface area is 142 Å². The molecule has 0 fully saturated rings. The quantitative estimate of drug-likeness (QED) is 0.337. The van der Waals surface area contributed by atoms with Gasteiger partial charge in [-0.05, 0) is 63.1 Å². The Hall–Kier alpha value is -2.86. The van der Waals surface area contributed by atoms with Gasteiger partial charge in [0.25, 0.3) is 0 Å². The lowest BCUT2D eigenvalue weighted by molar-refractivity contribution is 1.22. The summed E-state index contributed by atoms with van der Waals surface area (Å²) >= 11 is 0. The van der Waals surface area contributed by atoms with Gasteiger partial charge in [-0.3, -0.25) is 0 Å². The van der Waals surface area contributed by atoms with Crippen molar-refractivity contribution in [1.29, 1.82) is 0 Å². The third-order valence-electron chi connectivity index (χ3n) is 5.27. The minimum Gasteiger partial charge on any atom is -0.0616 e. The highest BCUT2D eigenvalue weighted by molar-refractivity contribution is 5.97. The van der Waals surface area contributed by atoms with Crippen molar-refractivity contribution in [3.05, 3.63) is 95.6 Å². The molecule has 24 heavy (non-hydrogen) atoms. The molecule has 4 aromatic rings. The minimum absolute atomic E-state index is 1.05. The minimum atomic E-state index is 1.05. The lowest BCUT2D eigenvalue weighted by atomic mass is 9.95. The Morgan fingerprint density at radius 3 is 2.42 bits per heavy atom. The van der Waals surface area contributed by atoms with E-state index in [0.717, 1.165) is 6.42 Å². The van der Waals surface area contributed by atoms with Crippen LogP contribution in [0.3, 0.4) is 0 Å². The van der Waals surface area contributed by atoms with Crippen LogP contribution in [0.2, 0.25) is 0 Å². The zero-order valence-corrected chi connectivity index (χ0v) is 13.7. The fourth-order valence-electron chi connectivity index (χ4n) is 4.03. The maximum atomic E-state index is 2.39. The molecule has 1 aliphatic carbocycles. The van der Waals surface area contributed by atoms with E-state index in [1.807, 2.05) is 0 Å². The second-order valence-corrected chi connectivity index (χ2v) is 6.68. The number of fused-ring (bicyclic) bond motifs is 4. The van der Waals surface area contributed by atoms with Gasteiger partial charge in [-0.1, -0.05) is 78.9 Å². The third kappa shape index (κ3) is 1.93. The molecular formula is C24H18. The van der Waals surface area contributed by atoms with Gasteiger partial charge in [0.15, 0.2) is 0 Å². The van der Waals surface area contributed by atoms with Gasteiger partial charge >= 0.3 is 0 Å². The van der Waals surface area contributed by atoms with Crippen LogP contribution < -0.4 is 0 Å². The lowest BCUT2D eigenvalue weighted by Gasteiger charge is -2.09. The van der Waals surface area contributed by atoms with Gasteiger partial charge in [0.1, 0.15) is 0 Å². The molecule has 0 radical (unpaired) electrons. The zero-order chi connectivity index (χ0) is 16.1. The lowest BCUT2D eigenvalue weighted by Crippen LogP contribution is -1.86. The molecule has 0 nitrogen and oxygen atoms in total. The van der Waals surface area contributed by atoms with Gasteiger partial charge in [0.05, 0.1) is 0 Å². The summed E-state index contributed by atoms with van der Waals surface area (Å²) in [7, 11) is 0. The number of hydrogen-bond donors (Lipinski definition) is 0. The molecule has 0 spiro atoms. The van der Waals surface area contributed by atoms with Crippen molar-refractivity contribution < 1.29 is 0 Å². The SMILES string of the molecule is Cc1cccc2c1Cc1cc(-c3cccc4ccccc34)ccc1-2. The summed E-state index contributed by atoms with van der Waals surface area (Å²) in [6, 6.07) is 28.8. The molecule has 4 aromatic carbocycles. The number of hydrogen-bond acceptors (Lipinski definition) is 0. The molecule has 0 aromatic heterocycles. The normalized spacial score (nSPS) is 12.2. The Bertz CT molecular complexity index is 1080. The molecule has 0 saturated carbocycles. The van der Waals surface area contributed by atoms with Gasteiger partial charge in [-0.15, -0.1) is 0 Å². The smallest absolute Gasteiger partial charge is 0.00106 e. The number of benzene rings is 4. The Morgan fingerprint density at radius 1 is 0.667 bits per heavy atom. The molecule has 1 aliphatic rings. The van der Waals surface area contributed by atoms with Crippen LogP contribution in [0.4, 0.5) is 0 Å². The highest BCUT2D eigenvalue weighted by atomic mass is 14.2. The summed E-state index contributed by atoms with van der Waals surface area (Å²) < 4.78 is 0. The van der Waals surface area contributed by atoms with Crippen LogP contribution in [0, 0.1) is 6.92 Å². The van der Waals surface area contributed by atoms with E-state index in [-0.39, 0.29) is 0 Å². The Kier molecular flexibility index (Phi) is 2.87. The predicted molar refractivity (Wildman–Crippen MR) is 102 cm³/mol. The van der Waals surface area contributed by atoms with E-state index in [4.69, 9.17) is 0 Å². The van der Waals surface area contributed by atoms with E-state index in [1.54, 1.807) is 0 Å². The van der Waals surface area contributed by atoms with E-state index in [2.05, 4.69) is 85.8 Å². The molecule has 0 atom stereocenters. The Morgan fingerprint density at radius 2 is 1.46 bits per heavy atom. The zero-order valence-electron chi connectivity index (χ0n) is 13.7. The maximum Gasteiger partial charge on any atom is -0.00106 e. The number of rotatable bonds is 1. The fourth-order valence-corrected chi connectivity index (χ4v) is 4.03. The monoisotopic (exact) mass is 306 g/mol. The molecule has 0 heterocycles. The van der Waals surface area contributed by atoms with Crippen LogP contribution in [-0.2, 0) is 6.42 Å². The van der Waals surface area contributed by atoms with Crippen LogP contribution in [0.25, 0.3) is 33.0 Å². The summed E-state index contributed by atoms with van der Waals surface area (Å²) in [4.78, 5) is 0. The molecule has 0 bridgehead atoms. The highest BCUT2D eigenvalue weighted by Crippen LogP contribution is 2.40. The van der Waals surface area contributed by atoms with Gasteiger partial charge < -0.3 is 0 Å². The summed E-state index contributed by atoms with van der Waals surface area (Å²) in [5.74, 6) is 0. The molecular weight excluding hydrogens is 288 g/mol. The van der Waals surface area contributed by atoms with Crippen LogP contribution in [0.1, 0.15) is 16.7 Å².